The van der Waals surface area contributed by atoms with Gasteiger partial charge in [-0.05, 0) is 0 Å². The Balaban J connectivity index is 2.15. The highest BCUT2D eigenvalue weighted by Crippen LogP contribution is 2.22. The second-order valence-electron chi connectivity index (χ2n) is 4.15. The molecule has 8 heteroatoms. The van der Waals surface area contributed by atoms with Crippen molar-refractivity contribution in [1.29, 1.82) is 0 Å². The standard InChI is InChI=1S/C11H14FN3O4/c1-18-7-9-6-14(2-3-19-9)11-10(12)4-8(5-13-11)15(16)17/h4-5,9H,2-3,6-7H2,1H3/t9-/m0/s1. The van der Waals surface area contributed by atoms with Crippen molar-refractivity contribution < 1.29 is 18.8 Å². The minimum atomic E-state index is -0.702. The maximum atomic E-state index is 13.8. The van der Waals surface area contributed by atoms with Gasteiger partial charge in [0, 0.05) is 20.2 Å². The summed E-state index contributed by atoms with van der Waals surface area (Å²) in [6, 6.07) is 0.878. The SMILES string of the molecule is COC[C@@H]1CN(c2ncc([N+](=O)[O-])cc2F)CCO1. The first-order valence-corrected chi connectivity index (χ1v) is 5.77. The highest BCUT2D eigenvalue weighted by molar-refractivity contribution is 5.45. The van der Waals surface area contributed by atoms with E-state index in [-0.39, 0.29) is 17.6 Å². The van der Waals surface area contributed by atoms with Gasteiger partial charge in [-0.15, -0.1) is 0 Å². The van der Waals surface area contributed by atoms with Crippen LogP contribution >= 0.6 is 0 Å². The summed E-state index contributed by atoms with van der Waals surface area (Å²) in [6.45, 7) is 1.77. The molecule has 1 aromatic heterocycles. The first-order valence-electron chi connectivity index (χ1n) is 5.77. The van der Waals surface area contributed by atoms with Crippen LogP contribution in [0.3, 0.4) is 0 Å². The second-order valence-corrected chi connectivity index (χ2v) is 4.15. The summed E-state index contributed by atoms with van der Waals surface area (Å²) in [5, 5.41) is 10.5. The highest BCUT2D eigenvalue weighted by Gasteiger charge is 2.24. The molecule has 1 aromatic rings. The average molecular weight is 271 g/mol. The fourth-order valence-electron chi connectivity index (χ4n) is 1.95. The van der Waals surface area contributed by atoms with Gasteiger partial charge in [0.2, 0.25) is 0 Å². The van der Waals surface area contributed by atoms with Crippen LogP contribution in [0.4, 0.5) is 15.9 Å². The molecule has 1 fully saturated rings. The van der Waals surface area contributed by atoms with Crippen molar-refractivity contribution in [3.05, 3.63) is 28.2 Å². The molecule has 19 heavy (non-hydrogen) atoms. The van der Waals surface area contributed by atoms with E-state index in [1.54, 1.807) is 12.0 Å². The molecule has 1 aliphatic heterocycles. The molecule has 2 heterocycles. The number of nitro groups is 1. The summed E-state index contributed by atoms with van der Waals surface area (Å²) < 4.78 is 24.3. The number of halogens is 1. The van der Waals surface area contributed by atoms with E-state index in [0.29, 0.717) is 26.3 Å². The van der Waals surface area contributed by atoms with Gasteiger partial charge in [-0.2, -0.15) is 0 Å². The number of aromatic nitrogens is 1. The van der Waals surface area contributed by atoms with E-state index in [1.165, 1.54) is 0 Å². The molecule has 0 radical (unpaired) electrons. The van der Waals surface area contributed by atoms with Gasteiger partial charge in [0.1, 0.15) is 6.20 Å². The number of ether oxygens (including phenoxy) is 2. The van der Waals surface area contributed by atoms with Gasteiger partial charge in [0.05, 0.1) is 30.3 Å². The number of hydrogen-bond acceptors (Lipinski definition) is 6. The van der Waals surface area contributed by atoms with Crippen LogP contribution in [0.5, 0.6) is 0 Å². The van der Waals surface area contributed by atoms with Crippen LogP contribution in [0.2, 0.25) is 0 Å². The molecule has 1 atom stereocenters. The maximum absolute atomic E-state index is 13.8. The number of pyridine rings is 1. The van der Waals surface area contributed by atoms with E-state index in [0.717, 1.165) is 12.3 Å². The number of hydrogen-bond donors (Lipinski definition) is 0. The van der Waals surface area contributed by atoms with Gasteiger partial charge in [0.25, 0.3) is 5.69 Å². The molecule has 1 aliphatic rings. The van der Waals surface area contributed by atoms with Crippen molar-refractivity contribution in [1.82, 2.24) is 4.98 Å². The first kappa shape index (κ1) is 13.6. The predicted octanol–water partition coefficient (Wildman–Crippen LogP) is 0.980. The normalized spacial score (nSPS) is 19.5. The summed E-state index contributed by atoms with van der Waals surface area (Å²) in [7, 11) is 1.56. The van der Waals surface area contributed by atoms with E-state index in [2.05, 4.69) is 4.98 Å². The Morgan fingerprint density at radius 2 is 2.53 bits per heavy atom. The molecule has 0 saturated carbocycles. The zero-order valence-electron chi connectivity index (χ0n) is 10.4. The van der Waals surface area contributed by atoms with Crippen LogP contribution in [-0.4, -0.2) is 49.4 Å². The monoisotopic (exact) mass is 271 g/mol. The van der Waals surface area contributed by atoms with Crippen molar-refractivity contribution in [2.24, 2.45) is 0 Å². The van der Waals surface area contributed by atoms with Crippen LogP contribution in [-0.2, 0) is 9.47 Å². The van der Waals surface area contributed by atoms with Crippen LogP contribution in [0.1, 0.15) is 0 Å². The van der Waals surface area contributed by atoms with Crippen LogP contribution < -0.4 is 4.90 Å². The smallest absolute Gasteiger partial charge is 0.290 e. The molecule has 1 saturated heterocycles. The minimum absolute atomic E-state index is 0.106. The topological polar surface area (TPSA) is 77.7 Å². The first-order chi connectivity index (χ1) is 9.11. The largest absolute Gasteiger partial charge is 0.382 e. The van der Waals surface area contributed by atoms with Gasteiger partial charge in [-0.25, -0.2) is 9.37 Å². The molecule has 0 amide bonds. The van der Waals surface area contributed by atoms with Gasteiger partial charge >= 0.3 is 0 Å². The Bertz CT molecular complexity index is 469. The third-order valence-corrected chi connectivity index (χ3v) is 2.81. The summed E-state index contributed by atoms with van der Waals surface area (Å²) in [5.74, 6) is -0.595. The summed E-state index contributed by atoms with van der Waals surface area (Å²) in [6.07, 6.45) is 0.897. The zero-order chi connectivity index (χ0) is 13.8. The third-order valence-electron chi connectivity index (χ3n) is 2.81. The second kappa shape index (κ2) is 5.89. The molecule has 0 aliphatic carbocycles. The van der Waals surface area contributed by atoms with E-state index >= 15 is 0 Å². The minimum Gasteiger partial charge on any atom is -0.382 e. The lowest BCUT2D eigenvalue weighted by Gasteiger charge is -2.33. The average Bonchev–Trinajstić information content (AvgIpc) is 2.39. The number of anilines is 1. The Hall–Kier alpha value is -1.80. The fourth-order valence-corrected chi connectivity index (χ4v) is 1.95. The molecular weight excluding hydrogens is 257 g/mol. The number of rotatable bonds is 4. The van der Waals surface area contributed by atoms with Crippen LogP contribution in [0, 0.1) is 15.9 Å². The van der Waals surface area contributed by atoms with E-state index < -0.39 is 10.7 Å². The molecule has 104 valence electrons. The molecule has 0 bridgehead atoms. The molecule has 0 N–H and O–H groups in total. The van der Waals surface area contributed by atoms with Gasteiger partial charge in [0.15, 0.2) is 11.6 Å². The molecule has 0 aromatic carbocycles. The lowest BCUT2D eigenvalue weighted by Crippen LogP contribution is -2.45. The predicted molar refractivity (Wildman–Crippen MR) is 64.7 cm³/mol. The molecular formula is C11H14FN3O4. The Morgan fingerprint density at radius 3 is 3.16 bits per heavy atom. The molecule has 2 rings (SSSR count). The van der Waals surface area contributed by atoms with E-state index in [1.807, 2.05) is 0 Å². The van der Waals surface area contributed by atoms with Crippen molar-refractivity contribution >= 4 is 11.5 Å². The van der Waals surface area contributed by atoms with Crippen LogP contribution in [0.15, 0.2) is 12.3 Å². The third kappa shape index (κ3) is 3.15. The lowest BCUT2D eigenvalue weighted by atomic mass is 10.2. The molecule has 7 nitrogen and oxygen atoms in total. The molecule has 0 unspecified atom stereocenters. The Morgan fingerprint density at radius 1 is 1.74 bits per heavy atom. The molecule has 0 spiro atoms. The quantitative estimate of drug-likeness (QED) is 0.600. The van der Waals surface area contributed by atoms with Gasteiger partial charge in [-0.1, -0.05) is 0 Å². The summed E-state index contributed by atoms with van der Waals surface area (Å²) >= 11 is 0. The number of morpholine rings is 1. The van der Waals surface area contributed by atoms with Crippen molar-refractivity contribution in [2.75, 3.05) is 38.3 Å². The van der Waals surface area contributed by atoms with Gasteiger partial charge < -0.3 is 14.4 Å². The number of nitrogens with zero attached hydrogens (tertiary/aromatic N) is 3. The van der Waals surface area contributed by atoms with Crippen molar-refractivity contribution in [3.8, 4) is 0 Å². The Kier molecular flexibility index (Phi) is 4.23. The lowest BCUT2D eigenvalue weighted by molar-refractivity contribution is -0.385. The summed E-state index contributed by atoms with van der Waals surface area (Å²) in [4.78, 5) is 15.4. The van der Waals surface area contributed by atoms with Crippen molar-refractivity contribution in [3.63, 3.8) is 0 Å². The van der Waals surface area contributed by atoms with E-state index in [9.17, 15) is 14.5 Å². The fraction of sp³-hybridized carbons (Fsp3) is 0.545. The zero-order valence-corrected chi connectivity index (χ0v) is 10.4. The highest BCUT2D eigenvalue weighted by atomic mass is 19.1. The summed E-state index contributed by atoms with van der Waals surface area (Å²) in [5.41, 5.74) is -0.358. The van der Waals surface area contributed by atoms with Crippen LogP contribution in [0.25, 0.3) is 0 Å². The maximum Gasteiger partial charge on any atom is 0.290 e. The number of methoxy groups -OCH3 is 1. The van der Waals surface area contributed by atoms with Gasteiger partial charge in [-0.3, -0.25) is 10.1 Å². The Labute approximate surface area is 109 Å². The van der Waals surface area contributed by atoms with E-state index in [4.69, 9.17) is 9.47 Å². The van der Waals surface area contributed by atoms with Crippen molar-refractivity contribution in [2.45, 2.75) is 6.10 Å².